The van der Waals surface area contributed by atoms with E-state index in [9.17, 15) is 18.0 Å². The first-order valence-corrected chi connectivity index (χ1v) is 13.0. The molecule has 3 amide bonds. The van der Waals surface area contributed by atoms with E-state index in [0.29, 0.717) is 42.2 Å². The molecule has 3 rings (SSSR count). The SMILES string of the molecule is COC1=C(C(=O)NCCc2ccc(S(=O)(=O)NC(=O)NC3CCCCC3)cc2)C=C(Cl)CC1. The fourth-order valence-corrected chi connectivity index (χ4v) is 5.09. The number of hydrogen-bond donors (Lipinski definition) is 3. The van der Waals surface area contributed by atoms with Crippen LogP contribution in [-0.4, -0.2) is 40.1 Å². The third kappa shape index (κ3) is 7.23. The molecular formula is C23H30ClN3O5S. The number of nitrogens with one attached hydrogen (secondary N) is 3. The third-order valence-corrected chi connectivity index (χ3v) is 7.43. The summed E-state index contributed by atoms with van der Waals surface area (Å²) < 4.78 is 32.4. The molecule has 33 heavy (non-hydrogen) atoms. The molecule has 0 aliphatic heterocycles. The highest BCUT2D eigenvalue weighted by atomic mass is 35.5. The summed E-state index contributed by atoms with van der Waals surface area (Å²) in [6.45, 7) is 0.360. The Kier molecular flexibility index (Phi) is 8.80. The normalized spacial score (nSPS) is 17.2. The zero-order valence-electron chi connectivity index (χ0n) is 18.7. The summed E-state index contributed by atoms with van der Waals surface area (Å²) >= 11 is 6.05. The van der Waals surface area contributed by atoms with Crippen molar-refractivity contribution in [3.63, 3.8) is 0 Å². The van der Waals surface area contributed by atoms with E-state index in [4.69, 9.17) is 16.3 Å². The van der Waals surface area contributed by atoms with Gasteiger partial charge < -0.3 is 15.4 Å². The minimum absolute atomic E-state index is 0.00552. The molecule has 2 aliphatic carbocycles. The predicted octanol–water partition coefficient (Wildman–Crippen LogP) is 3.48. The number of carbonyl (C=O) groups is 2. The van der Waals surface area contributed by atoms with Crippen molar-refractivity contribution in [3.8, 4) is 0 Å². The molecular weight excluding hydrogens is 466 g/mol. The van der Waals surface area contributed by atoms with Crippen LogP contribution in [0, 0.1) is 0 Å². The molecule has 2 aliphatic rings. The van der Waals surface area contributed by atoms with Crippen molar-refractivity contribution in [2.24, 2.45) is 0 Å². The summed E-state index contributed by atoms with van der Waals surface area (Å²) in [5.41, 5.74) is 1.27. The third-order valence-electron chi connectivity index (χ3n) is 5.78. The molecule has 8 nitrogen and oxygen atoms in total. The zero-order valence-corrected chi connectivity index (χ0v) is 20.2. The Hall–Kier alpha value is -2.52. The Bertz CT molecular complexity index is 1030. The minimum Gasteiger partial charge on any atom is -0.500 e. The van der Waals surface area contributed by atoms with Crippen LogP contribution in [0.1, 0.15) is 50.5 Å². The van der Waals surface area contributed by atoms with Gasteiger partial charge in [-0.1, -0.05) is 43.0 Å². The van der Waals surface area contributed by atoms with Crippen LogP contribution in [0.5, 0.6) is 0 Å². The Morgan fingerprint density at radius 3 is 2.45 bits per heavy atom. The van der Waals surface area contributed by atoms with Crippen LogP contribution < -0.4 is 15.4 Å². The van der Waals surface area contributed by atoms with Gasteiger partial charge in [-0.2, -0.15) is 0 Å². The van der Waals surface area contributed by atoms with Gasteiger partial charge in [-0.3, -0.25) is 4.79 Å². The maximum absolute atomic E-state index is 12.5. The van der Waals surface area contributed by atoms with Crippen LogP contribution >= 0.6 is 11.6 Å². The quantitative estimate of drug-likeness (QED) is 0.511. The second kappa shape index (κ2) is 11.6. The summed E-state index contributed by atoms with van der Waals surface area (Å²) in [7, 11) is -2.43. The number of halogens is 1. The van der Waals surface area contributed by atoms with Gasteiger partial charge in [0.1, 0.15) is 5.76 Å². The molecule has 0 spiro atoms. The van der Waals surface area contributed by atoms with Gasteiger partial charge >= 0.3 is 6.03 Å². The summed E-state index contributed by atoms with van der Waals surface area (Å²) in [6.07, 6.45) is 8.31. The van der Waals surface area contributed by atoms with Crippen molar-refractivity contribution in [3.05, 3.63) is 52.3 Å². The predicted molar refractivity (Wildman–Crippen MR) is 126 cm³/mol. The molecule has 0 aromatic heterocycles. The number of carbonyl (C=O) groups excluding carboxylic acids is 2. The van der Waals surface area contributed by atoms with E-state index in [2.05, 4.69) is 15.4 Å². The second-order valence-corrected chi connectivity index (χ2v) is 10.4. The van der Waals surface area contributed by atoms with Gasteiger partial charge in [0.05, 0.1) is 17.6 Å². The molecule has 3 N–H and O–H groups in total. The average molecular weight is 496 g/mol. The highest BCUT2D eigenvalue weighted by Crippen LogP contribution is 2.26. The standard InChI is InChI=1S/C23H30ClN3O5S/c1-32-21-12-9-17(24)15-20(21)22(28)25-14-13-16-7-10-19(11-8-16)33(30,31)27-23(29)26-18-5-3-2-4-6-18/h7-8,10-11,15,18H,2-6,9,12-14H2,1H3,(H,25,28)(H2,26,27,29). The number of methoxy groups -OCH3 is 1. The van der Waals surface area contributed by atoms with Crippen LogP contribution in [-0.2, 0) is 26.0 Å². The number of amides is 3. The van der Waals surface area contributed by atoms with E-state index in [1.54, 1.807) is 18.2 Å². The molecule has 1 aromatic carbocycles. The van der Waals surface area contributed by atoms with Gasteiger partial charge in [0.25, 0.3) is 15.9 Å². The molecule has 0 heterocycles. The highest BCUT2D eigenvalue weighted by molar-refractivity contribution is 7.90. The second-order valence-electron chi connectivity index (χ2n) is 8.20. The lowest BCUT2D eigenvalue weighted by Crippen LogP contribution is -2.45. The largest absolute Gasteiger partial charge is 0.500 e. The van der Waals surface area contributed by atoms with Gasteiger partial charge in [0.2, 0.25) is 0 Å². The smallest absolute Gasteiger partial charge is 0.328 e. The number of sulfonamides is 1. The Balaban J connectivity index is 1.50. The highest BCUT2D eigenvalue weighted by Gasteiger charge is 2.21. The lowest BCUT2D eigenvalue weighted by atomic mass is 9.96. The van der Waals surface area contributed by atoms with Crippen LogP contribution in [0.25, 0.3) is 0 Å². The average Bonchev–Trinajstić information content (AvgIpc) is 2.79. The summed E-state index contributed by atoms with van der Waals surface area (Å²) in [4.78, 5) is 24.6. The zero-order chi connectivity index (χ0) is 23.8. The van der Waals surface area contributed by atoms with E-state index in [0.717, 1.165) is 37.7 Å². The van der Waals surface area contributed by atoms with E-state index in [1.807, 2.05) is 0 Å². The van der Waals surface area contributed by atoms with E-state index in [1.165, 1.54) is 19.2 Å². The molecule has 0 bridgehead atoms. The first-order valence-electron chi connectivity index (χ1n) is 11.1. The van der Waals surface area contributed by atoms with Crippen LogP contribution in [0.2, 0.25) is 0 Å². The molecule has 10 heteroatoms. The van der Waals surface area contributed by atoms with Gasteiger partial charge in [-0.05, 0) is 49.5 Å². The van der Waals surface area contributed by atoms with Gasteiger partial charge in [0.15, 0.2) is 0 Å². The number of urea groups is 1. The lowest BCUT2D eigenvalue weighted by molar-refractivity contribution is -0.117. The Morgan fingerprint density at radius 2 is 1.79 bits per heavy atom. The number of hydrogen-bond acceptors (Lipinski definition) is 5. The van der Waals surface area contributed by atoms with Crippen LogP contribution in [0.3, 0.4) is 0 Å². The molecule has 0 saturated heterocycles. The summed E-state index contributed by atoms with van der Waals surface area (Å²) in [5, 5.41) is 6.18. The first-order chi connectivity index (χ1) is 15.8. The first kappa shape index (κ1) is 25.1. The number of ether oxygens (including phenoxy) is 1. The molecule has 1 aromatic rings. The number of benzene rings is 1. The number of rotatable bonds is 8. The molecule has 0 atom stereocenters. The van der Waals surface area contributed by atoms with Crippen molar-refractivity contribution in [1.29, 1.82) is 0 Å². The lowest BCUT2D eigenvalue weighted by Gasteiger charge is -2.22. The maximum Gasteiger partial charge on any atom is 0.328 e. The van der Waals surface area contributed by atoms with Gasteiger partial charge in [0, 0.05) is 24.0 Å². The fourth-order valence-electron chi connectivity index (χ4n) is 3.97. The summed E-state index contributed by atoms with van der Waals surface area (Å²) in [5.74, 6) is 0.337. The molecule has 1 saturated carbocycles. The molecule has 0 radical (unpaired) electrons. The van der Waals surface area contributed by atoms with Crippen molar-refractivity contribution in [2.45, 2.75) is 62.3 Å². The van der Waals surface area contributed by atoms with E-state index < -0.39 is 16.1 Å². The molecule has 180 valence electrons. The van der Waals surface area contributed by atoms with Crippen LogP contribution in [0.15, 0.2) is 51.6 Å². The van der Waals surface area contributed by atoms with E-state index in [-0.39, 0.29) is 16.8 Å². The van der Waals surface area contributed by atoms with Gasteiger partial charge in [-0.15, -0.1) is 0 Å². The van der Waals surface area contributed by atoms with E-state index >= 15 is 0 Å². The van der Waals surface area contributed by atoms with Crippen molar-refractivity contribution >= 4 is 33.6 Å². The number of allylic oxidation sites excluding steroid dienone is 2. The maximum atomic E-state index is 12.5. The van der Waals surface area contributed by atoms with Crippen molar-refractivity contribution in [1.82, 2.24) is 15.4 Å². The fraction of sp³-hybridized carbons (Fsp3) is 0.478. The minimum atomic E-state index is -3.96. The topological polar surface area (TPSA) is 114 Å². The molecule has 0 unspecified atom stereocenters. The monoisotopic (exact) mass is 495 g/mol. The van der Waals surface area contributed by atoms with Crippen molar-refractivity contribution in [2.75, 3.05) is 13.7 Å². The summed E-state index contributed by atoms with van der Waals surface area (Å²) in [6, 6.07) is 5.54. The van der Waals surface area contributed by atoms with Crippen LogP contribution in [0.4, 0.5) is 4.79 Å². The van der Waals surface area contributed by atoms with Gasteiger partial charge in [-0.25, -0.2) is 17.9 Å². The Labute approximate surface area is 199 Å². The van der Waals surface area contributed by atoms with Crippen molar-refractivity contribution < 1.29 is 22.7 Å². The molecule has 1 fully saturated rings. The Morgan fingerprint density at radius 1 is 1.09 bits per heavy atom.